The van der Waals surface area contributed by atoms with Gasteiger partial charge in [-0.2, -0.15) is 0 Å². The highest BCUT2D eigenvalue weighted by atomic mass is 35.5. The number of ketones is 1. The van der Waals surface area contributed by atoms with Crippen LogP contribution in [0.4, 0.5) is 0 Å². The number of aromatic nitrogens is 2. The summed E-state index contributed by atoms with van der Waals surface area (Å²) in [5, 5.41) is 2.92. The zero-order valence-electron chi connectivity index (χ0n) is 13.3. The molecule has 0 aliphatic heterocycles. The Morgan fingerprint density at radius 2 is 2.40 bits per heavy atom. The van der Waals surface area contributed by atoms with Gasteiger partial charge >= 0.3 is 0 Å². The Bertz CT molecular complexity index is 793. The Labute approximate surface area is 129 Å². The number of benzene rings is 1. The van der Waals surface area contributed by atoms with Crippen molar-refractivity contribution in [2.75, 3.05) is 6.26 Å². The second-order valence-electron chi connectivity index (χ2n) is 3.58. The van der Waals surface area contributed by atoms with Crippen LogP contribution < -0.4 is 0 Å². The van der Waals surface area contributed by atoms with E-state index in [4.69, 9.17) is 15.7 Å². The minimum atomic E-state index is -2.69. The first-order valence-corrected chi connectivity index (χ1v) is 6.98. The molecule has 20 heavy (non-hydrogen) atoms. The van der Waals surface area contributed by atoms with Crippen LogP contribution >= 0.6 is 23.4 Å². The molecule has 1 aromatic carbocycles. The molecule has 0 bridgehead atoms. The molecular weight excluding hydrogens is 298 g/mol. The predicted molar refractivity (Wildman–Crippen MR) is 78.1 cm³/mol. The van der Waals surface area contributed by atoms with Crippen molar-refractivity contribution < 1.29 is 8.91 Å². The zero-order valence-corrected chi connectivity index (χ0v) is 11.8. The molecule has 1 aromatic heterocycles. The number of Topliss-reactive ketones (excluding diaryl/α,β-unsaturated/α-hetero) is 1. The summed E-state index contributed by atoms with van der Waals surface area (Å²) >= 11 is 6.87. The van der Waals surface area contributed by atoms with E-state index in [0.717, 1.165) is 11.8 Å². The summed E-state index contributed by atoms with van der Waals surface area (Å²) < 4.78 is 23.6. The second-order valence-corrected chi connectivity index (χ2v) is 4.78. The molecule has 0 fully saturated rings. The number of nitrogens with zero attached hydrogens (tertiary/aromatic N) is 3. The number of hydrogen-bond acceptors (Lipinski definition) is 6. The Morgan fingerprint density at radius 1 is 1.60 bits per heavy atom. The molecule has 7 heteroatoms. The van der Waals surface area contributed by atoms with Gasteiger partial charge in [0, 0.05) is 16.8 Å². The third-order valence-electron chi connectivity index (χ3n) is 2.33. The van der Waals surface area contributed by atoms with Crippen molar-refractivity contribution in [1.29, 1.82) is 0 Å². The van der Waals surface area contributed by atoms with Crippen LogP contribution in [0.3, 0.4) is 0 Å². The summed E-state index contributed by atoms with van der Waals surface area (Å²) in [6, 6.07) is 2.42. The van der Waals surface area contributed by atoms with Crippen molar-refractivity contribution in [2.45, 2.75) is 11.2 Å². The first-order chi connectivity index (χ1) is 10.8. The van der Waals surface area contributed by atoms with Crippen LogP contribution in [-0.4, -0.2) is 22.0 Å². The Morgan fingerprint density at radius 3 is 3.05 bits per heavy atom. The maximum absolute atomic E-state index is 12.6. The first-order valence-electron chi connectivity index (χ1n) is 6.88. The van der Waals surface area contributed by atoms with Crippen LogP contribution in [-0.2, 0) is 0 Å². The van der Waals surface area contributed by atoms with Crippen LogP contribution in [0.2, 0.25) is 5.02 Å². The van der Waals surface area contributed by atoms with Gasteiger partial charge in [-0.3, -0.25) is 4.79 Å². The zero-order chi connectivity index (χ0) is 17.2. The molecule has 2 aromatic rings. The molecule has 1 unspecified atom stereocenters. The highest BCUT2D eigenvalue weighted by Crippen LogP contribution is 2.23. The molecule has 1 heterocycles. The standard InChI is InChI=1S/C13H10ClN3O2S/c1-20-13-15-6-5-10(16-13)11(17-19)12(18)8-3-2-4-9(14)7-8/h2-7,11H,1H3/i5D,6D,11D. The molecule has 0 radical (unpaired) electrons. The van der Waals surface area contributed by atoms with E-state index in [-0.39, 0.29) is 15.7 Å². The largest absolute Gasteiger partial charge is 0.291 e. The van der Waals surface area contributed by atoms with Crippen LogP contribution in [0.5, 0.6) is 0 Å². The maximum Gasteiger partial charge on any atom is 0.197 e. The van der Waals surface area contributed by atoms with Crippen LogP contribution in [0, 0.1) is 4.91 Å². The summed E-state index contributed by atoms with van der Waals surface area (Å²) in [7, 11) is 0. The average Bonchev–Trinajstić information content (AvgIpc) is 2.55. The smallest absolute Gasteiger partial charge is 0.197 e. The van der Waals surface area contributed by atoms with Crippen LogP contribution in [0.15, 0.2) is 46.8 Å². The van der Waals surface area contributed by atoms with Crippen LogP contribution in [0.1, 0.15) is 26.2 Å². The number of hydrogen-bond donors (Lipinski definition) is 0. The van der Waals surface area contributed by atoms with E-state index in [1.165, 1.54) is 24.3 Å². The van der Waals surface area contributed by atoms with Crippen molar-refractivity contribution in [1.82, 2.24) is 9.97 Å². The minimum Gasteiger partial charge on any atom is -0.291 e. The lowest BCUT2D eigenvalue weighted by molar-refractivity contribution is 0.0960. The summed E-state index contributed by atoms with van der Waals surface area (Å²) in [5.41, 5.74) is -0.538. The van der Waals surface area contributed by atoms with Gasteiger partial charge in [0.15, 0.2) is 17.0 Å². The monoisotopic (exact) mass is 310 g/mol. The van der Waals surface area contributed by atoms with Crippen molar-refractivity contribution in [2.24, 2.45) is 5.18 Å². The third-order valence-corrected chi connectivity index (χ3v) is 3.12. The topological polar surface area (TPSA) is 72.3 Å². The van der Waals surface area contributed by atoms with E-state index >= 15 is 0 Å². The van der Waals surface area contributed by atoms with Crippen LogP contribution in [0.25, 0.3) is 0 Å². The molecule has 1 atom stereocenters. The molecule has 5 nitrogen and oxygen atoms in total. The number of thioether (sulfide) groups is 1. The SMILES string of the molecule is [2H]c1nc(SC)nc(C([2H])(N=O)C(=O)c2cccc(Cl)c2)c1[2H]. The van der Waals surface area contributed by atoms with E-state index in [1.54, 1.807) is 6.26 Å². The van der Waals surface area contributed by atoms with Gasteiger partial charge in [0.2, 0.25) is 0 Å². The van der Waals surface area contributed by atoms with E-state index in [2.05, 4.69) is 15.1 Å². The number of rotatable bonds is 5. The Hall–Kier alpha value is -1.79. The van der Waals surface area contributed by atoms with Gasteiger partial charge in [-0.1, -0.05) is 40.7 Å². The lowest BCUT2D eigenvalue weighted by Gasteiger charge is -2.08. The van der Waals surface area contributed by atoms with Crippen molar-refractivity contribution in [3.05, 3.63) is 57.7 Å². The number of nitroso groups, excluding NO2 is 1. The summed E-state index contributed by atoms with van der Waals surface area (Å²) in [5.74, 6) is -0.978. The van der Waals surface area contributed by atoms with Gasteiger partial charge < -0.3 is 0 Å². The minimum absolute atomic E-state index is 0.0117. The highest BCUT2D eigenvalue weighted by molar-refractivity contribution is 7.98. The van der Waals surface area contributed by atoms with Gasteiger partial charge in [0.25, 0.3) is 0 Å². The molecule has 0 aliphatic carbocycles. The van der Waals surface area contributed by atoms with E-state index in [9.17, 15) is 9.70 Å². The van der Waals surface area contributed by atoms with Crippen molar-refractivity contribution in [3.63, 3.8) is 0 Å². The Kier molecular flexibility index (Phi) is 3.60. The first kappa shape index (κ1) is 10.9. The fraction of sp³-hybridized carbons (Fsp3) is 0.154. The number of halogens is 1. The normalized spacial score (nSPS) is 15.6. The van der Waals surface area contributed by atoms with Gasteiger partial charge in [-0.15, -0.1) is 4.91 Å². The van der Waals surface area contributed by atoms with Gasteiger partial charge in [0.05, 0.1) is 9.81 Å². The summed E-state index contributed by atoms with van der Waals surface area (Å²) in [6.07, 6.45) is 1.14. The van der Waals surface area contributed by atoms with Gasteiger partial charge in [-0.05, 0) is 24.4 Å². The molecule has 2 rings (SSSR count). The second kappa shape index (κ2) is 6.58. The number of carbonyl (C=O) groups excluding carboxylic acids is 1. The lowest BCUT2D eigenvalue weighted by Crippen LogP contribution is -2.12. The van der Waals surface area contributed by atoms with Gasteiger partial charge in [0.1, 0.15) is 0 Å². The van der Waals surface area contributed by atoms with Gasteiger partial charge in [-0.25, -0.2) is 9.97 Å². The molecule has 102 valence electrons. The molecule has 0 saturated heterocycles. The summed E-state index contributed by atoms with van der Waals surface area (Å²) in [4.78, 5) is 31.4. The molecule has 0 amide bonds. The predicted octanol–water partition coefficient (Wildman–Crippen LogP) is 3.54. The summed E-state index contributed by atoms with van der Waals surface area (Å²) in [6.45, 7) is 0. The molecular formula is C13H10ClN3O2S. The maximum atomic E-state index is 12.6. The molecule has 0 saturated carbocycles. The van der Waals surface area contributed by atoms with E-state index in [0.29, 0.717) is 0 Å². The highest BCUT2D eigenvalue weighted by Gasteiger charge is 2.25. The van der Waals surface area contributed by atoms with E-state index < -0.39 is 29.7 Å². The fourth-order valence-electron chi connectivity index (χ4n) is 1.44. The fourth-order valence-corrected chi connectivity index (χ4v) is 1.95. The quantitative estimate of drug-likeness (QED) is 0.365. The average molecular weight is 311 g/mol. The number of carbonyl (C=O) groups is 1. The lowest BCUT2D eigenvalue weighted by atomic mass is 10.0. The molecule has 0 N–H and O–H groups in total. The molecule has 0 aliphatic rings. The molecule has 0 spiro atoms. The van der Waals surface area contributed by atoms with Crippen molar-refractivity contribution >= 4 is 29.1 Å². The third kappa shape index (κ3) is 3.20. The Balaban J connectivity index is 2.63. The van der Waals surface area contributed by atoms with E-state index in [1.807, 2.05) is 0 Å². The van der Waals surface area contributed by atoms with Crippen molar-refractivity contribution in [3.8, 4) is 0 Å².